The zero-order chi connectivity index (χ0) is 43.1. The first-order valence-corrected chi connectivity index (χ1v) is 19.7. The van der Waals surface area contributed by atoms with Crippen molar-refractivity contribution in [2.24, 2.45) is 26.9 Å². The van der Waals surface area contributed by atoms with E-state index in [1.807, 2.05) is 17.0 Å². The Kier molecular flexibility index (Phi) is 13.3. The van der Waals surface area contributed by atoms with Gasteiger partial charge >= 0.3 is 0 Å². The molecular weight excluding hydrogens is 813 g/mol. The lowest BCUT2D eigenvalue weighted by Gasteiger charge is -2.22. The van der Waals surface area contributed by atoms with E-state index in [1.54, 1.807) is 91.2 Å². The number of nitrogens with one attached hydrogen (secondary N) is 6. The molecule has 6 rings (SSSR count). The molecule has 19 heteroatoms. The van der Waals surface area contributed by atoms with Gasteiger partial charge in [-0.05, 0) is 72.8 Å². The molecule has 0 saturated carbocycles. The molecule has 0 radical (unpaired) electrons. The van der Waals surface area contributed by atoms with Crippen molar-refractivity contribution in [2.45, 2.75) is 6.42 Å². The van der Waals surface area contributed by atoms with E-state index < -0.39 is 17.7 Å². The van der Waals surface area contributed by atoms with Crippen LogP contribution in [0.5, 0.6) is 0 Å². The molecule has 0 aliphatic heterocycles. The van der Waals surface area contributed by atoms with Gasteiger partial charge < -0.3 is 55.3 Å². The van der Waals surface area contributed by atoms with Crippen molar-refractivity contribution in [1.29, 1.82) is 5.41 Å². The van der Waals surface area contributed by atoms with Crippen LogP contribution in [0.15, 0.2) is 89.6 Å². The lowest BCUT2D eigenvalue weighted by Crippen LogP contribution is -2.29. The summed E-state index contributed by atoms with van der Waals surface area (Å²) in [5.74, 6) is -0.971. The predicted molar refractivity (Wildman–Crippen MR) is 233 cm³/mol. The summed E-state index contributed by atoms with van der Waals surface area (Å²) in [5.41, 5.74) is 9.10. The van der Waals surface area contributed by atoms with Crippen molar-refractivity contribution in [3.05, 3.63) is 114 Å². The number of aryl methyl sites for hydroxylation is 2. The fourth-order valence-corrected chi connectivity index (χ4v) is 6.79. The molecule has 60 heavy (non-hydrogen) atoms. The third-order valence-electron chi connectivity index (χ3n) is 9.47. The molecule has 4 aromatic heterocycles. The number of carbonyl (C=O) groups excluding carboxylic acids is 5. The number of hydrogen-bond donors (Lipinski definition) is 7. The highest BCUT2D eigenvalue weighted by atomic mass is 35.5. The third-order valence-corrected chi connectivity index (χ3v) is 9.81. The van der Waals surface area contributed by atoms with Crippen LogP contribution in [-0.2, 0) is 21.1 Å². The molecule has 2 aromatic carbocycles. The molecule has 5 amide bonds. The van der Waals surface area contributed by atoms with Gasteiger partial charge in [-0.15, -0.1) is 23.2 Å². The number of amidine groups is 1. The largest absolute Gasteiger partial charge is 0.451 e. The summed E-state index contributed by atoms with van der Waals surface area (Å²) < 4.78 is 10.4. The normalized spacial score (nSPS) is 10.9. The highest BCUT2D eigenvalue weighted by Gasteiger charge is 2.21. The number of rotatable bonds is 17. The minimum Gasteiger partial charge on any atom is -0.451 e. The van der Waals surface area contributed by atoms with Crippen molar-refractivity contribution in [3.63, 3.8) is 0 Å². The SMILES string of the molecule is Cn1cc(NC(=O)c2cc3cc(NC(=O)c4ccc(N(CCCl)CCCl)cc4)ccc3o2)cc1C(=O)Nc1cc(C(=O)Nc2ccc(C(=O)NCCC(=N)N)n2C)n(C)c1. The second-order valence-electron chi connectivity index (χ2n) is 13.7. The lowest BCUT2D eigenvalue weighted by atomic mass is 10.1. The van der Waals surface area contributed by atoms with Gasteiger partial charge in [0.05, 0.1) is 17.2 Å². The molecule has 0 atom stereocenters. The number of benzene rings is 2. The molecular formula is C41H43Cl2N11O6. The number of hydrogen-bond acceptors (Lipinski definition) is 8. The number of furan rings is 1. The van der Waals surface area contributed by atoms with Crippen LogP contribution < -0.4 is 37.2 Å². The van der Waals surface area contributed by atoms with Gasteiger partial charge in [-0.3, -0.25) is 29.4 Å². The fraction of sp³-hybridized carbons (Fsp3) is 0.220. The number of alkyl halides is 2. The van der Waals surface area contributed by atoms with Crippen molar-refractivity contribution in [1.82, 2.24) is 19.0 Å². The number of carbonyl (C=O) groups is 5. The topological polar surface area (TPSA) is 227 Å². The summed E-state index contributed by atoms with van der Waals surface area (Å²) in [6, 6.07) is 19.9. The van der Waals surface area contributed by atoms with E-state index in [4.69, 9.17) is 38.8 Å². The van der Waals surface area contributed by atoms with E-state index in [-0.39, 0.29) is 47.8 Å². The number of anilines is 5. The van der Waals surface area contributed by atoms with Gasteiger partial charge in [-0.2, -0.15) is 0 Å². The van der Waals surface area contributed by atoms with E-state index in [0.29, 0.717) is 70.0 Å². The van der Waals surface area contributed by atoms with Crippen LogP contribution >= 0.6 is 23.2 Å². The smallest absolute Gasteiger partial charge is 0.291 e. The number of fused-ring (bicyclic) bond motifs is 1. The molecule has 8 N–H and O–H groups in total. The van der Waals surface area contributed by atoms with Crippen LogP contribution in [0, 0.1) is 5.41 Å². The van der Waals surface area contributed by atoms with Crippen LogP contribution in [-0.4, -0.2) is 80.5 Å². The van der Waals surface area contributed by atoms with Crippen molar-refractivity contribution in [2.75, 3.05) is 57.6 Å². The van der Waals surface area contributed by atoms with Crippen molar-refractivity contribution in [3.8, 4) is 0 Å². The molecule has 17 nitrogen and oxygen atoms in total. The molecule has 0 unspecified atom stereocenters. The van der Waals surface area contributed by atoms with Crippen LogP contribution in [0.25, 0.3) is 11.0 Å². The molecule has 312 valence electrons. The van der Waals surface area contributed by atoms with E-state index in [0.717, 1.165) is 5.69 Å². The lowest BCUT2D eigenvalue weighted by molar-refractivity contribution is 0.0943. The standard InChI is InChI=1S/C41H43Cl2N11O6/c1-51-23-28(21-31(51)39(57)48-27-20-32(52(2)22-27)40(58)50-36-11-9-30(53(36)3)38(56)46-15-12-35(44)45)49-41(59)34-19-25-18-26(6-10-33(25)60-34)47-37(55)24-4-7-29(8-5-24)54(16-13-42)17-14-43/h4-11,18-23H,12-17H2,1-3H3,(H3,44,45)(H,46,56)(H,47,55)(H,48,57)(H,49,59)(H,50,58). The summed E-state index contributed by atoms with van der Waals surface area (Å²) in [6.45, 7) is 1.46. The number of nitrogens with zero attached hydrogens (tertiary/aromatic N) is 4. The number of amides is 5. The molecule has 0 aliphatic carbocycles. The quantitative estimate of drug-likeness (QED) is 0.0337. The summed E-state index contributed by atoms with van der Waals surface area (Å²) >= 11 is 11.8. The minimum atomic E-state index is -0.551. The molecule has 0 saturated heterocycles. The van der Waals surface area contributed by atoms with Gasteiger partial charge in [-0.25, -0.2) is 0 Å². The maximum absolute atomic E-state index is 13.3. The Morgan fingerprint density at radius 3 is 1.90 bits per heavy atom. The van der Waals surface area contributed by atoms with Gasteiger partial charge in [0.2, 0.25) is 0 Å². The first-order chi connectivity index (χ1) is 28.7. The summed E-state index contributed by atoms with van der Waals surface area (Å²) in [6.07, 6.45) is 3.37. The number of nitrogens with two attached hydrogens (primary N) is 1. The van der Waals surface area contributed by atoms with Crippen LogP contribution in [0.3, 0.4) is 0 Å². The molecule has 0 fully saturated rings. The molecule has 6 aromatic rings. The van der Waals surface area contributed by atoms with Crippen LogP contribution in [0.1, 0.15) is 58.8 Å². The minimum absolute atomic E-state index is 0.0203. The summed E-state index contributed by atoms with van der Waals surface area (Å²) in [7, 11) is 4.93. The number of halogens is 2. The van der Waals surface area contributed by atoms with E-state index in [2.05, 4.69) is 26.6 Å². The van der Waals surface area contributed by atoms with Crippen LogP contribution in [0.4, 0.5) is 28.6 Å². The van der Waals surface area contributed by atoms with Gasteiger partial charge in [0.15, 0.2) is 5.76 Å². The number of aromatic nitrogens is 3. The first-order valence-electron chi connectivity index (χ1n) is 18.6. The molecule has 0 aliphatic rings. The van der Waals surface area contributed by atoms with Gasteiger partial charge in [-0.1, -0.05) is 0 Å². The zero-order valence-electron chi connectivity index (χ0n) is 32.9. The second-order valence-corrected chi connectivity index (χ2v) is 14.5. The highest BCUT2D eigenvalue weighted by molar-refractivity contribution is 6.18. The maximum Gasteiger partial charge on any atom is 0.291 e. The van der Waals surface area contributed by atoms with Crippen molar-refractivity contribution < 1.29 is 28.4 Å². The predicted octanol–water partition coefficient (Wildman–Crippen LogP) is 5.80. The van der Waals surface area contributed by atoms with Gasteiger partial charge in [0.25, 0.3) is 29.5 Å². The summed E-state index contributed by atoms with van der Waals surface area (Å²) in [4.78, 5) is 67.4. The Morgan fingerprint density at radius 2 is 1.28 bits per heavy atom. The molecule has 0 bridgehead atoms. The van der Waals surface area contributed by atoms with Gasteiger partial charge in [0.1, 0.15) is 28.5 Å². The fourth-order valence-electron chi connectivity index (χ4n) is 6.39. The highest BCUT2D eigenvalue weighted by Crippen LogP contribution is 2.26. The third kappa shape index (κ3) is 9.99. The maximum atomic E-state index is 13.3. The van der Waals surface area contributed by atoms with E-state index in [1.165, 1.54) is 16.7 Å². The average Bonchev–Trinajstić information content (AvgIpc) is 3.99. The van der Waals surface area contributed by atoms with Crippen molar-refractivity contribution >= 4 is 98.1 Å². The zero-order valence-corrected chi connectivity index (χ0v) is 34.4. The Morgan fingerprint density at radius 1 is 0.683 bits per heavy atom. The Labute approximate surface area is 354 Å². The summed E-state index contributed by atoms with van der Waals surface area (Å²) in [5, 5.41) is 21.8. The first kappa shape index (κ1) is 42.6. The molecule has 4 heterocycles. The van der Waals surface area contributed by atoms with Crippen LogP contribution in [0.2, 0.25) is 0 Å². The average molecular weight is 857 g/mol. The Balaban J connectivity index is 1.05. The molecule has 0 spiro atoms. The van der Waals surface area contributed by atoms with Gasteiger partial charge in [0, 0.05) is 93.7 Å². The monoisotopic (exact) mass is 855 g/mol. The van der Waals surface area contributed by atoms with E-state index >= 15 is 0 Å². The second kappa shape index (κ2) is 18.7. The van der Waals surface area contributed by atoms with E-state index in [9.17, 15) is 24.0 Å². The Bertz CT molecular complexity index is 2580. The Hall–Kier alpha value is -6.98.